The minimum Gasteiger partial charge on any atom is -0.494 e. The molecule has 0 aliphatic heterocycles. The summed E-state index contributed by atoms with van der Waals surface area (Å²) in [5.74, 6) is 0.633. The van der Waals surface area contributed by atoms with Gasteiger partial charge in [0.15, 0.2) is 0 Å². The summed E-state index contributed by atoms with van der Waals surface area (Å²) >= 11 is 0. The Balaban J connectivity index is 1.82. The van der Waals surface area contributed by atoms with Crippen LogP contribution >= 0.6 is 0 Å². The van der Waals surface area contributed by atoms with Gasteiger partial charge in [0.2, 0.25) is 0 Å². The molecular weight excluding hydrogens is 316 g/mol. The van der Waals surface area contributed by atoms with Crippen molar-refractivity contribution in [2.24, 2.45) is 0 Å². The number of ether oxygens (including phenoxy) is 1. The first kappa shape index (κ1) is 15.9. The van der Waals surface area contributed by atoms with E-state index in [1.54, 1.807) is 6.26 Å². The first-order valence-electron chi connectivity index (χ1n) is 8.78. The topological polar surface area (TPSA) is 56.5 Å². The largest absolute Gasteiger partial charge is 0.494 e. The number of Topliss-reactive ketones (excluding diaryl/α,β-unsaturated/α-hetero) is 2. The Morgan fingerprint density at radius 2 is 2.08 bits per heavy atom. The van der Waals surface area contributed by atoms with Gasteiger partial charge in [-0.3, -0.25) is 9.59 Å². The third-order valence-corrected chi connectivity index (χ3v) is 4.87. The zero-order valence-corrected chi connectivity index (χ0v) is 14.2. The van der Waals surface area contributed by atoms with Gasteiger partial charge in [-0.2, -0.15) is 0 Å². The Hall–Kier alpha value is -2.62. The van der Waals surface area contributed by atoms with Gasteiger partial charge in [0.1, 0.15) is 22.9 Å². The van der Waals surface area contributed by atoms with Crippen LogP contribution in [0.5, 0.6) is 5.75 Å². The molecule has 4 heteroatoms. The van der Waals surface area contributed by atoms with Gasteiger partial charge in [-0.15, -0.1) is 0 Å². The molecule has 0 radical (unpaired) electrons. The molecule has 0 N–H and O–H groups in total. The minimum atomic E-state index is -0.249. The summed E-state index contributed by atoms with van der Waals surface area (Å²) in [6.45, 7) is 2.77. The van der Waals surface area contributed by atoms with E-state index in [-0.39, 0.29) is 23.9 Å². The van der Waals surface area contributed by atoms with Gasteiger partial charge in [-0.05, 0) is 47.9 Å². The molecule has 1 aromatic heterocycles. The van der Waals surface area contributed by atoms with Crippen LogP contribution in [0.4, 0.5) is 0 Å². The van der Waals surface area contributed by atoms with Crippen LogP contribution in [0.25, 0.3) is 21.7 Å². The number of benzene rings is 2. The average molecular weight is 336 g/mol. The predicted molar refractivity (Wildman–Crippen MR) is 96.1 cm³/mol. The average Bonchev–Trinajstić information content (AvgIpc) is 3.04. The molecule has 4 nitrogen and oxygen atoms in total. The molecule has 1 aliphatic rings. The van der Waals surface area contributed by atoms with Crippen LogP contribution in [-0.4, -0.2) is 18.2 Å². The van der Waals surface area contributed by atoms with Crippen LogP contribution in [0.15, 0.2) is 41.0 Å². The van der Waals surface area contributed by atoms with E-state index >= 15 is 0 Å². The molecule has 0 spiro atoms. The van der Waals surface area contributed by atoms with Gasteiger partial charge < -0.3 is 9.15 Å². The second kappa shape index (κ2) is 6.36. The monoisotopic (exact) mass is 336 g/mol. The fraction of sp³-hybridized carbons (Fsp3) is 0.333. The number of ketones is 2. The van der Waals surface area contributed by atoms with Crippen LogP contribution < -0.4 is 4.74 Å². The lowest BCUT2D eigenvalue weighted by molar-refractivity contribution is -0.130. The molecular formula is C21H20O4. The third-order valence-electron chi connectivity index (χ3n) is 4.87. The van der Waals surface area contributed by atoms with Gasteiger partial charge in [0.05, 0.1) is 19.3 Å². The Morgan fingerprint density at radius 3 is 2.88 bits per heavy atom. The quantitative estimate of drug-likeness (QED) is 0.643. The highest BCUT2D eigenvalue weighted by Gasteiger charge is 2.31. The highest BCUT2D eigenvalue weighted by atomic mass is 16.5. The molecule has 1 fully saturated rings. The van der Waals surface area contributed by atoms with Crippen molar-refractivity contribution in [2.45, 2.75) is 38.5 Å². The maximum atomic E-state index is 12.4. The molecule has 3 aromatic rings. The van der Waals surface area contributed by atoms with E-state index in [0.717, 1.165) is 39.5 Å². The molecule has 2 aromatic carbocycles. The van der Waals surface area contributed by atoms with E-state index in [1.165, 1.54) is 0 Å². The fourth-order valence-electron chi connectivity index (χ4n) is 3.64. The Bertz CT molecular complexity index is 967. The lowest BCUT2D eigenvalue weighted by Crippen LogP contribution is -2.22. The summed E-state index contributed by atoms with van der Waals surface area (Å²) in [5.41, 5.74) is 1.68. The first-order valence-corrected chi connectivity index (χ1v) is 8.78. The van der Waals surface area contributed by atoms with Crippen molar-refractivity contribution in [3.8, 4) is 5.75 Å². The molecule has 1 saturated carbocycles. The van der Waals surface area contributed by atoms with Crippen LogP contribution in [0.3, 0.4) is 0 Å². The van der Waals surface area contributed by atoms with Crippen molar-refractivity contribution in [1.29, 1.82) is 0 Å². The number of hydrogen-bond acceptors (Lipinski definition) is 4. The van der Waals surface area contributed by atoms with Crippen molar-refractivity contribution in [1.82, 2.24) is 0 Å². The van der Waals surface area contributed by atoms with Crippen LogP contribution in [0, 0.1) is 0 Å². The van der Waals surface area contributed by atoms with Crippen LogP contribution in [0.1, 0.15) is 44.1 Å². The SMILES string of the molecule is CCCOc1ccc2c(ccc3occ(C4CCC(=O)CC4=O)c32)c1. The molecule has 1 atom stereocenters. The van der Waals surface area contributed by atoms with E-state index in [9.17, 15) is 9.59 Å². The zero-order valence-electron chi connectivity index (χ0n) is 14.2. The van der Waals surface area contributed by atoms with Crippen LogP contribution in [0.2, 0.25) is 0 Å². The number of hydrogen-bond donors (Lipinski definition) is 0. The second-order valence-electron chi connectivity index (χ2n) is 6.63. The summed E-state index contributed by atoms with van der Waals surface area (Å²) in [6.07, 6.45) is 3.72. The van der Waals surface area contributed by atoms with E-state index in [1.807, 2.05) is 30.3 Å². The molecule has 1 aliphatic carbocycles. The molecule has 128 valence electrons. The standard InChI is InChI=1S/C21H20O4/c1-2-9-24-15-5-7-16-13(10-15)3-8-20-21(16)18(12-25-20)17-6-4-14(22)11-19(17)23/h3,5,7-8,10,12,17H,2,4,6,9,11H2,1H3. The van der Waals surface area contributed by atoms with Gasteiger partial charge in [0, 0.05) is 23.3 Å². The first-order chi connectivity index (χ1) is 12.2. The second-order valence-corrected chi connectivity index (χ2v) is 6.63. The highest BCUT2D eigenvalue weighted by molar-refractivity contribution is 6.11. The number of carbonyl (C=O) groups is 2. The molecule has 1 unspecified atom stereocenters. The van der Waals surface area contributed by atoms with Crippen molar-refractivity contribution in [3.05, 3.63) is 42.2 Å². The maximum absolute atomic E-state index is 12.4. The number of rotatable bonds is 4. The smallest absolute Gasteiger partial charge is 0.147 e. The molecule has 0 saturated heterocycles. The van der Waals surface area contributed by atoms with Crippen LogP contribution in [-0.2, 0) is 9.59 Å². The summed E-state index contributed by atoms with van der Waals surface area (Å²) < 4.78 is 11.4. The van der Waals surface area contributed by atoms with Crippen molar-refractivity contribution >= 4 is 33.3 Å². The molecule has 1 heterocycles. The Kier molecular flexibility index (Phi) is 4.04. The lowest BCUT2D eigenvalue weighted by atomic mass is 9.81. The summed E-state index contributed by atoms with van der Waals surface area (Å²) in [7, 11) is 0. The third kappa shape index (κ3) is 2.82. The Labute approximate surface area is 145 Å². The van der Waals surface area contributed by atoms with Crippen molar-refractivity contribution in [3.63, 3.8) is 0 Å². The van der Waals surface area contributed by atoms with Crippen molar-refractivity contribution < 1.29 is 18.7 Å². The van der Waals surface area contributed by atoms with E-state index in [4.69, 9.17) is 9.15 Å². The van der Waals surface area contributed by atoms with E-state index in [0.29, 0.717) is 19.4 Å². The van der Waals surface area contributed by atoms with E-state index < -0.39 is 0 Å². The molecule has 0 amide bonds. The predicted octanol–water partition coefficient (Wildman–Crippen LogP) is 4.78. The Morgan fingerprint density at radius 1 is 1.20 bits per heavy atom. The fourth-order valence-corrected chi connectivity index (χ4v) is 3.64. The number of fused-ring (bicyclic) bond motifs is 3. The van der Waals surface area contributed by atoms with Gasteiger partial charge in [0.25, 0.3) is 0 Å². The van der Waals surface area contributed by atoms with E-state index in [2.05, 4.69) is 6.92 Å². The zero-order chi connectivity index (χ0) is 17.4. The normalized spacial score (nSPS) is 18.2. The maximum Gasteiger partial charge on any atom is 0.147 e. The number of carbonyl (C=O) groups excluding carboxylic acids is 2. The van der Waals surface area contributed by atoms with Gasteiger partial charge >= 0.3 is 0 Å². The molecule has 0 bridgehead atoms. The minimum absolute atomic E-state index is 0.00106. The number of furan rings is 1. The summed E-state index contributed by atoms with van der Waals surface area (Å²) in [5, 5.41) is 3.09. The van der Waals surface area contributed by atoms with Gasteiger partial charge in [-0.25, -0.2) is 0 Å². The summed E-state index contributed by atoms with van der Waals surface area (Å²) in [4.78, 5) is 23.9. The molecule has 25 heavy (non-hydrogen) atoms. The lowest BCUT2D eigenvalue weighted by Gasteiger charge is -2.19. The highest BCUT2D eigenvalue weighted by Crippen LogP contribution is 2.38. The van der Waals surface area contributed by atoms with Crippen molar-refractivity contribution in [2.75, 3.05) is 6.61 Å². The summed E-state index contributed by atoms with van der Waals surface area (Å²) in [6, 6.07) is 9.95. The molecule has 4 rings (SSSR count). The van der Waals surface area contributed by atoms with Gasteiger partial charge in [-0.1, -0.05) is 13.0 Å².